The lowest BCUT2D eigenvalue weighted by Gasteiger charge is -2.02. The van der Waals surface area contributed by atoms with Crippen LogP contribution in [0.1, 0.15) is 11.1 Å². The summed E-state index contributed by atoms with van der Waals surface area (Å²) in [5.74, 6) is -0.101. The molecule has 3 heteroatoms. The van der Waals surface area contributed by atoms with Gasteiger partial charge in [0.25, 0.3) is 0 Å². The van der Waals surface area contributed by atoms with Gasteiger partial charge in [-0.3, -0.25) is 0 Å². The van der Waals surface area contributed by atoms with Crippen molar-refractivity contribution in [3.05, 3.63) is 47.9 Å². The van der Waals surface area contributed by atoms with Gasteiger partial charge in [-0.05, 0) is 31.3 Å². The minimum atomic E-state index is -0.349. The number of benzene rings is 1. The summed E-state index contributed by atoms with van der Waals surface area (Å²) in [6.07, 6.45) is 1.31. The highest BCUT2D eigenvalue weighted by Crippen LogP contribution is 2.11. The van der Waals surface area contributed by atoms with Crippen LogP contribution >= 0.6 is 0 Å². The van der Waals surface area contributed by atoms with E-state index in [2.05, 4.69) is 23.3 Å². The largest absolute Gasteiger partial charge is 0.244 e. The minimum absolute atomic E-state index is 0.248. The summed E-state index contributed by atoms with van der Waals surface area (Å²) in [6.45, 7) is 8.57. The molecule has 14 heavy (non-hydrogen) atoms. The van der Waals surface area contributed by atoms with E-state index in [1.807, 2.05) is 6.92 Å². The predicted octanol–water partition coefficient (Wildman–Crippen LogP) is 2.72. The van der Waals surface area contributed by atoms with Crippen LogP contribution in [-0.4, -0.2) is 12.6 Å². The highest BCUT2D eigenvalue weighted by atomic mass is 19.1. The molecule has 0 unspecified atom stereocenters. The van der Waals surface area contributed by atoms with E-state index in [4.69, 9.17) is 0 Å². The number of aryl methyl sites for hydroxylation is 1. The first kappa shape index (κ1) is 10.3. The third kappa shape index (κ3) is 2.13. The van der Waals surface area contributed by atoms with Crippen LogP contribution in [0.4, 0.5) is 4.39 Å². The van der Waals surface area contributed by atoms with Crippen molar-refractivity contribution in [3.63, 3.8) is 0 Å². The molecule has 0 bridgehead atoms. The van der Waals surface area contributed by atoms with Crippen LogP contribution < -0.4 is 0 Å². The summed E-state index contributed by atoms with van der Waals surface area (Å²) in [5.41, 5.74) is 1.19. The molecule has 1 aromatic rings. The summed E-state index contributed by atoms with van der Waals surface area (Å²) in [5, 5.41) is 0. The summed E-state index contributed by atoms with van der Waals surface area (Å²) in [6, 6.07) is 4.85. The monoisotopic (exact) mass is 190 g/mol. The van der Waals surface area contributed by atoms with Gasteiger partial charge in [0, 0.05) is 6.20 Å². The fourth-order valence-electron chi connectivity index (χ4n) is 1.08. The van der Waals surface area contributed by atoms with Crippen LogP contribution in [0, 0.1) is 12.7 Å². The van der Waals surface area contributed by atoms with Crippen LogP contribution in [-0.2, 0) is 0 Å². The Morgan fingerprint density at radius 2 is 2.21 bits per heavy atom. The maximum absolute atomic E-state index is 13.4. The molecular formula is C11H11FN2. The average molecular weight is 190 g/mol. The maximum atomic E-state index is 13.4. The maximum Gasteiger partial charge on any atom is 0.161 e. The van der Waals surface area contributed by atoms with E-state index in [0.29, 0.717) is 5.56 Å². The second-order valence-corrected chi connectivity index (χ2v) is 2.78. The topological polar surface area (TPSA) is 24.7 Å². The molecular weight excluding hydrogens is 179 g/mol. The standard InChI is InChI=1S/C11H11FN2/c1-4-14-11(13-3)9-6-5-8(2)7-10(9)12/h4-7H,1,3H2,2H3. The molecule has 72 valence electrons. The first-order valence-electron chi connectivity index (χ1n) is 4.11. The molecule has 0 atom stereocenters. The van der Waals surface area contributed by atoms with Crippen molar-refractivity contribution < 1.29 is 4.39 Å². The summed E-state index contributed by atoms with van der Waals surface area (Å²) < 4.78 is 13.4. The van der Waals surface area contributed by atoms with Crippen LogP contribution in [0.3, 0.4) is 0 Å². The molecule has 1 rings (SSSR count). The Hall–Kier alpha value is -1.77. The molecule has 0 aliphatic carbocycles. The number of halogens is 1. The summed E-state index contributed by atoms with van der Waals surface area (Å²) in [7, 11) is 0. The SMILES string of the molecule is C=CN=C(N=C)c1ccc(C)cc1F. The van der Waals surface area contributed by atoms with Crippen LogP contribution in [0.2, 0.25) is 0 Å². The van der Waals surface area contributed by atoms with Gasteiger partial charge in [-0.15, -0.1) is 0 Å². The number of hydrogen-bond acceptors (Lipinski definition) is 1. The van der Waals surface area contributed by atoms with E-state index >= 15 is 0 Å². The Labute approximate surface area is 82.5 Å². The van der Waals surface area contributed by atoms with Gasteiger partial charge < -0.3 is 0 Å². The number of amidine groups is 1. The molecule has 0 aromatic heterocycles. The van der Waals surface area contributed by atoms with Gasteiger partial charge in [0.05, 0.1) is 5.56 Å². The molecule has 2 nitrogen and oxygen atoms in total. The first-order chi connectivity index (χ1) is 6.69. The molecule has 0 aliphatic heterocycles. The number of aliphatic imine (C=N–C) groups is 2. The third-order valence-electron chi connectivity index (χ3n) is 1.73. The van der Waals surface area contributed by atoms with E-state index in [0.717, 1.165) is 5.56 Å². The summed E-state index contributed by atoms with van der Waals surface area (Å²) in [4.78, 5) is 7.44. The zero-order valence-electron chi connectivity index (χ0n) is 8.00. The van der Waals surface area contributed by atoms with Gasteiger partial charge in [0.1, 0.15) is 5.82 Å². The Bertz CT molecular complexity index is 394. The second-order valence-electron chi connectivity index (χ2n) is 2.78. The highest BCUT2D eigenvalue weighted by molar-refractivity contribution is 6.01. The van der Waals surface area contributed by atoms with Crippen molar-refractivity contribution in [2.24, 2.45) is 9.98 Å². The number of rotatable bonds is 2. The molecule has 0 aliphatic rings. The summed E-state index contributed by atoms with van der Waals surface area (Å²) >= 11 is 0. The lowest BCUT2D eigenvalue weighted by molar-refractivity contribution is 0.624. The van der Waals surface area contributed by atoms with E-state index in [9.17, 15) is 4.39 Å². The van der Waals surface area contributed by atoms with Crippen molar-refractivity contribution in [1.82, 2.24) is 0 Å². The molecule has 0 heterocycles. The van der Waals surface area contributed by atoms with Crippen LogP contribution in [0.25, 0.3) is 0 Å². The van der Waals surface area contributed by atoms with E-state index in [1.165, 1.54) is 12.3 Å². The van der Waals surface area contributed by atoms with Gasteiger partial charge in [0.2, 0.25) is 0 Å². The minimum Gasteiger partial charge on any atom is -0.244 e. The van der Waals surface area contributed by atoms with Gasteiger partial charge in [-0.1, -0.05) is 12.6 Å². The molecule has 1 aromatic carbocycles. The Morgan fingerprint density at radius 3 is 2.71 bits per heavy atom. The Morgan fingerprint density at radius 1 is 1.50 bits per heavy atom. The van der Waals surface area contributed by atoms with E-state index < -0.39 is 0 Å². The van der Waals surface area contributed by atoms with E-state index in [1.54, 1.807) is 12.1 Å². The predicted molar refractivity (Wildman–Crippen MR) is 57.4 cm³/mol. The van der Waals surface area contributed by atoms with Gasteiger partial charge in [-0.25, -0.2) is 14.4 Å². The van der Waals surface area contributed by atoms with Gasteiger partial charge in [0.15, 0.2) is 5.84 Å². The van der Waals surface area contributed by atoms with Crippen molar-refractivity contribution in [2.75, 3.05) is 0 Å². The molecule has 0 spiro atoms. The van der Waals surface area contributed by atoms with Crippen LogP contribution in [0.15, 0.2) is 41.0 Å². The fourth-order valence-corrected chi connectivity index (χ4v) is 1.08. The van der Waals surface area contributed by atoms with Crippen molar-refractivity contribution >= 4 is 12.6 Å². The number of nitrogens with zero attached hydrogens (tertiary/aromatic N) is 2. The smallest absolute Gasteiger partial charge is 0.161 e. The van der Waals surface area contributed by atoms with Crippen LogP contribution in [0.5, 0.6) is 0 Å². The normalized spacial score (nSPS) is 11.1. The fraction of sp³-hybridized carbons (Fsp3) is 0.0909. The molecule has 0 amide bonds. The lowest BCUT2D eigenvalue weighted by atomic mass is 10.1. The van der Waals surface area contributed by atoms with Gasteiger partial charge >= 0.3 is 0 Å². The van der Waals surface area contributed by atoms with Crippen molar-refractivity contribution in [1.29, 1.82) is 0 Å². The third-order valence-corrected chi connectivity index (χ3v) is 1.73. The molecule has 0 saturated carbocycles. The van der Waals surface area contributed by atoms with Crippen molar-refractivity contribution in [2.45, 2.75) is 6.92 Å². The molecule has 0 radical (unpaired) electrons. The van der Waals surface area contributed by atoms with Crippen molar-refractivity contribution in [3.8, 4) is 0 Å². The zero-order chi connectivity index (χ0) is 10.6. The quantitative estimate of drug-likeness (QED) is 0.506. The van der Waals surface area contributed by atoms with E-state index in [-0.39, 0.29) is 11.7 Å². The number of hydrogen-bond donors (Lipinski definition) is 0. The average Bonchev–Trinajstić information content (AvgIpc) is 2.15. The second kappa shape index (κ2) is 4.46. The molecule has 0 saturated heterocycles. The molecule has 0 fully saturated rings. The lowest BCUT2D eigenvalue weighted by Crippen LogP contribution is -2.00. The first-order valence-corrected chi connectivity index (χ1v) is 4.11. The Balaban J connectivity index is 3.24. The highest BCUT2D eigenvalue weighted by Gasteiger charge is 2.06. The van der Waals surface area contributed by atoms with Gasteiger partial charge in [-0.2, -0.15) is 0 Å². The molecule has 0 N–H and O–H groups in total. The zero-order valence-corrected chi connectivity index (χ0v) is 8.00. The Kier molecular flexibility index (Phi) is 3.29.